The highest BCUT2D eigenvalue weighted by molar-refractivity contribution is 6.30. The Hall–Kier alpha value is -4.14. The number of nitrogens with one attached hydrogen (secondary N) is 2. The number of aromatic amines is 1. The van der Waals surface area contributed by atoms with E-state index in [1.807, 2.05) is 25.1 Å². The second-order valence-electron chi connectivity index (χ2n) is 8.98. The zero-order chi connectivity index (χ0) is 27.9. The van der Waals surface area contributed by atoms with Gasteiger partial charge in [-0.15, -0.1) is 0 Å². The minimum Gasteiger partial charge on any atom is -0.493 e. The topological polar surface area (TPSA) is 107 Å². The van der Waals surface area contributed by atoms with Crippen molar-refractivity contribution in [2.75, 3.05) is 32.8 Å². The zero-order valence-electron chi connectivity index (χ0n) is 21.9. The van der Waals surface area contributed by atoms with E-state index in [4.69, 9.17) is 25.8 Å². The summed E-state index contributed by atoms with van der Waals surface area (Å²) in [4.78, 5) is 41.6. The van der Waals surface area contributed by atoms with Crippen molar-refractivity contribution >= 4 is 39.9 Å². The van der Waals surface area contributed by atoms with Crippen LogP contribution in [0.5, 0.6) is 11.5 Å². The van der Waals surface area contributed by atoms with Crippen molar-refractivity contribution in [1.29, 1.82) is 0 Å². The minimum atomic E-state index is -0.595. The summed E-state index contributed by atoms with van der Waals surface area (Å²) in [7, 11) is 3.08. The van der Waals surface area contributed by atoms with Crippen molar-refractivity contribution in [2.45, 2.75) is 19.8 Å². The Balaban J connectivity index is 1.54. The molecule has 0 saturated heterocycles. The molecule has 2 N–H and O–H groups in total. The average molecular weight is 549 g/mol. The van der Waals surface area contributed by atoms with E-state index in [-0.39, 0.29) is 11.3 Å². The summed E-state index contributed by atoms with van der Waals surface area (Å²) in [5, 5.41) is 4.00. The molecule has 0 unspecified atom stereocenters. The van der Waals surface area contributed by atoms with Crippen LogP contribution in [0.25, 0.3) is 10.9 Å². The lowest BCUT2D eigenvalue weighted by atomic mass is 10.0. The predicted molar refractivity (Wildman–Crippen MR) is 152 cm³/mol. The molecule has 1 amide bonds. The number of fused-ring (bicyclic) bond motifs is 1. The van der Waals surface area contributed by atoms with Crippen molar-refractivity contribution in [3.05, 3.63) is 98.3 Å². The third-order valence-corrected chi connectivity index (χ3v) is 6.49. The monoisotopic (exact) mass is 548 g/mol. The molecule has 0 radical (unpaired) electrons. The van der Waals surface area contributed by atoms with Crippen LogP contribution in [0.1, 0.15) is 38.3 Å². The number of rotatable bonds is 11. The summed E-state index contributed by atoms with van der Waals surface area (Å²) in [6.45, 7) is 2.51. The van der Waals surface area contributed by atoms with E-state index in [9.17, 15) is 14.4 Å². The molecule has 39 heavy (non-hydrogen) atoms. The molecule has 0 atom stereocenters. The van der Waals surface area contributed by atoms with Crippen LogP contribution in [-0.4, -0.2) is 44.1 Å². The lowest BCUT2D eigenvalue weighted by Crippen LogP contribution is -2.23. The van der Waals surface area contributed by atoms with Crippen LogP contribution < -0.4 is 20.3 Å². The summed E-state index contributed by atoms with van der Waals surface area (Å²) >= 11 is 6.04. The Morgan fingerprint density at radius 2 is 1.79 bits per heavy atom. The SMILES string of the molecule is COCCOc1cc2cc(C(=O)Nc3cc(C(=O)CCc4cccc(Cl)c4)ccc3C)c(=O)[nH]c2cc1OC. The lowest BCUT2D eigenvalue weighted by molar-refractivity contribution is 0.0980. The standard InChI is InChI=1S/C30H29ClN2O6/c1-18-7-9-20(26(34)10-8-19-5-4-6-22(31)13-19)15-24(18)32-29(35)23-14-21-16-28(39-12-11-37-2)27(38-3)17-25(21)33-30(23)36/h4-7,9,13-17H,8,10-12H2,1-3H3,(H,32,35)(H,33,36). The van der Waals surface area contributed by atoms with Gasteiger partial charge in [-0.05, 0) is 54.8 Å². The van der Waals surface area contributed by atoms with Gasteiger partial charge in [0.2, 0.25) is 0 Å². The van der Waals surface area contributed by atoms with Crippen molar-refractivity contribution in [2.24, 2.45) is 0 Å². The fourth-order valence-corrected chi connectivity index (χ4v) is 4.32. The number of pyridine rings is 1. The predicted octanol–water partition coefficient (Wildman–Crippen LogP) is 5.59. The normalized spacial score (nSPS) is 10.9. The second-order valence-corrected chi connectivity index (χ2v) is 9.42. The second kappa shape index (κ2) is 12.6. The summed E-state index contributed by atoms with van der Waals surface area (Å²) < 4.78 is 16.1. The number of hydrogen-bond donors (Lipinski definition) is 2. The quantitative estimate of drug-likeness (QED) is 0.187. The number of amides is 1. The van der Waals surface area contributed by atoms with Crippen molar-refractivity contribution < 1.29 is 23.8 Å². The molecule has 1 heterocycles. The zero-order valence-corrected chi connectivity index (χ0v) is 22.7. The van der Waals surface area contributed by atoms with Crippen LogP contribution in [-0.2, 0) is 11.2 Å². The molecular formula is C30H29ClN2O6. The highest BCUT2D eigenvalue weighted by atomic mass is 35.5. The fourth-order valence-electron chi connectivity index (χ4n) is 4.10. The summed E-state index contributed by atoms with van der Waals surface area (Å²) in [5.41, 5.74) is 2.51. The van der Waals surface area contributed by atoms with E-state index in [1.54, 1.807) is 43.5 Å². The number of ether oxygens (including phenoxy) is 3. The number of hydrogen-bond acceptors (Lipinski definition) is 6. The first-order valence-corrected chi connectivity index (χ1v) is 12.7. The van der Waals surface area contributed by atoms with Gasteiger partial charge in [0.1, 0.15) is 12.2 Å². The van der Waals surface area contributed by atoms with E-state index in [0.29, 0.717) is 64.7 Å². The number of carbonyl (C=O) groups is 2. The molecule has 9 heteroatoms. The number of H-pyrrole nitrogens is 1. The fraction of sp³-hybridized carbons (Fsp3) is 0.233. The van der Waals surface area contributed by atoms with E-state index < -0.39 is 11.5 Å². The molecule has 0 spiro atoms. The third-order valence-electron chi connectivity index (χ3n) is 6.26. The maximum atomic E-state index is 13.2. The summed E-state index contributed by atoms with van der Waals surface area (Å²) in [6, 6.07) is 17.4. The van der Waals surface area contributed by atoms with Crippen molar-refractivity contribution in [1.82, 2.24) is 4.98 Å². The number of Topliss-reactive ketones (excluding diaryl/α,β-unsaturated/α-hetero) is 1. The summed E-state index contributed by atoms with van der Waals surface area (Å²) in [6.07, 6.45) is 0.836. The molecule has 4 rings (SSSR count). The Labute approximate surface area is 230 Å². The minimum absolute atomic E-state index is 0.0658. The van der Waals surface area contributed by atoms with Gasteiger partial charge in [0.15, 0.2) is 17.3 Å². The number of methoxy groups -OCH3 is 2. The molecule has 0 aliphatic carbocycles. The van der Waals surface area contributed by atoms with Crippen molar-refractivity contribution in [3.63, 3.8) is 0 Å². The van der Waals surface area contributed by atoms with Gasteiger partial charge in [0.25, 0.3) is 11.5 Å². The van der Waals surface area contributed by atoms with Gasteiger partial charge in [0.05, 0.1) is 19.2 Å². The highest BCUT2D eigenvalue weighted by Gasteiger charge is 2.17. The largest absolute Gasteiger partial charge is 0.493 e. The summed E-state index contributed by atoms with van der Waals surface area (Å²) in [5.74, 6) is 0.241. The Kier molecular flexibility index (Phi) is 9.01. The van der Waals surface area contributed by atoms with Gasteiger partial charge in [-0.1, -0.05) is 35.9 Å². The Morgan fingerprint density at radius 3 is 2.54 bits per heavy atom. The molecule has 0 saturated carbocycles. The first kappa shape index (κ1) is 27.9. The molecule has 3 aromatic carbocycles. The first-order valence-electron chi connectivity index (χ1n) is 12.4. The number of carbonyl (C=O) groups excluding carboxylic acids is 2. The number of aromatic nitrogens is 1. The molecule has 202 valence electrons. The molecule has 1 aromatic heterocycles. The maximum Gasteiger partial charge on any atom is 0.261 e. The maximum absolute atomic E-state index is 13.2. The van der Waals surface area contributed by atoms with E-state index >= 15 is 0 Å². The average Bonchev–Trinajstić information content (AvgIpc) is 2.92. The van der Waals surface area contributed by atoms with E-state index in [1.165, 1.54) is 13.2 Å². The van der Waals surface area contributed by atoms with Crippen molar-refractivity contribution in [3.8, 4) is 11.5 Å². The molecule has 0 bridgehead atoms. The van der Waals surface area contributed by atoms with Gasteiger partial charge in [-0.3, -0.25) is 14.4 Å². The van der Waals surface area contributed by atoms with Crippen LogP contribution in [0.4, 0.5) is 5.69 Å². The lowest BCUT2D eigenvalue weighted by Gasteiger charge is -2.13. The molecular weight excluding hydrogens is 520 g/mol. The molecule has 0 aliphatic heterocycles. The smallest absolute Gasteiger partial charge is 0.261 e. The van der Waals surface area contributed by atoms with E-state index in [2.05, 4.69) is 10.3 Å². The molecule has 0 aliphatic rings. The van der Waals surface area contributed by atoms with Crippen LogP contribution in [0.15, 0.2) is 65.5 Å². The van der Waals surface area contributed by atoms with Crippen LogP contribution in [0, 0.1) is 6.92 Å². The number of ketones is 1. The molecule has 4 aromatic rings. The van der Waals surface area contributed by atoms with E-state index in [0.717, 1.165) is 11.1 Å². The third kappa shape index (κ3) is 6.85. The van der Waals surface area contributed by atoms with Gasteiger partial charge in [-0.2, -0.15) is 0 Å². The van der Waals surface area contributed by atoms with Gasteiger partial charge < -0.3 is 24.5 Å². The van der Waals surface area contributed by atoms with Crippen LogP contribution in [0.2, 0.25) is 5.02 Å². The van der Waals surface area contributed by atoms with Crippen LogP contribution >= 0.6 is 11.6 Å². The number of benzene rings is 3. The Morgan fingerprint density at radius 1 is 0.974 bits per heavy atom. The van der Waals surface area contributed by atoms with Crippen LogP contribution in [0.3, 0.4) is 0 Å². The van der Waals surface area contributed by atoms with Gasteiger partial charge in [-0.25, -0.2) is 0 Å². The Bertz CT molecular complexity index is 1580. The molecule has 8 nitrogen and oxygen atoms in total. The highest BCUT2D eigenvalue weighted by Crippen LogP contribution is 2.31. The molecule has 0 fully saturated rings. The number of aryl methyl sites for hydroxylation is 2. The van der Waals surface area contributed by atoms with Gasteiger partial charge >= 0.3 is 0 Å². The van der Waals surface area contributed by atoms with Gasteiger partial charge in [0, 0.05) is 41.3 Å². The number of halogens is 1. The number of anilines is 1. The first-order chi connectivity index (χ1) is 18.8.